The first-order chi connectivity index (χ1) is 39.5. The number of carbonyl (C=O) groups excluding carboxylic acids is 10. The van der Waals surface area contributed by atoms with E-state index in [1.54, 1.807) is 6.92 Å². The molecule has 0 bridgehead atoms. The summed E-state index contributed by atoms with van der Waals surface area (Å²) in [5, 5.41) is 63.3. The molecule has 1 aliphatic carbocycles. The quantitative estimate of drug-likeness (QED) is 0.0250. The third-order valence-electron chi connectivity index (χ3n) is 12.9. The molecule has 0 radical (unpaired) electrons. The second kappa shape index (κ2) is 30.6. The Labute approximate surface area is 471 Å². The van der Waals surface area contributed by atoms with Crippen molar-refractivity contribution in [3.8, 4) is 0 Å². The Hall–Kier alpha value is -9.90. The molecule has 1 atom stereocenters. The molecule has 7 amide bonds. The third kappa shape index (κ3) is 17.5. The van der Waals surface area contributed by atoms with Crippen LogP contribution in [0, 0.1) is 20.8 Å². The molecule has 30 nitrogen and oxygen atoms in total. The molecule has 4 aromatic heterocycles. The molecule has 83 heavy (non-hydrogen) atoms. The van der Waals surface area contributed by atoms with E-state index < -0.39 is 134 Å². The molecule has 1 saturated carbocycles. The summed E-state index contributed by atoms with van der Waals surface area (Å²) in [5.74, 6) is -7.91. The van der Waals surface area contributed by atoms with Crippen LogP contribution in [-0.2, 0) is 23.9 Å². The fourth-order valence-corrected chi connectivity index (χ4v) is 8.34. The molecule has 0 aliphatic heterocycles. The van der Waals surface area contributed by atoms with E-state index in [0.29, 0.717) is 6.42 Å². The number of hydrogen-bond acceptors (Lipinski definition) is 19. The number of Topliss-reactive ketones (excluding diaryl/α,β-unsaturated/α-hetero) is 2. The summed E-state index contributed by atoms with van der Waals surface area (Å²) in [6, 6.07) is 9.46. The number of rotatable bonds is 30. The van der Waals surface area contributed by atoms with Crippen molar-refractivity contribution in [1.82, 2.24) is 55.3 Å². The molecule has 0 aromatic carbocycles. The molecular weight excluding hydrogens is 1090 g/mol. The van der Waals surface area contributed by atoms with Crippen LogP contribution in [0.2, 0.25) is 0 Å². The van der Waals surface area contributed by atoms with Crippen LogP contribution in [-0.4, -0.2) is 153 Å². The van der Waals surface area contributed by atoms with E-state index in [1.165, 1.54) is 35.0 Å². The number of nitrogens with zero attached hydrogens (tertiary/aromatic N) is 6. The van der Waals surface area contributed by atoms with Crippen LogP contribution >= 0.6 is 0 Å². The number of carbonyl (C=O) groups is 10. The Bertz CT molecular complexity index is 3330. The van der Waals surface area contributed by atoms with Crippen LogP contribution in [0.3, 0.4) is 0 Å². The van der Waals surface area contributed by atoms with E-state index in [-0.39, 0.29) is 129 Å². The van der Waals surface area contributed by atoms with Gasteiger partial charge in [-0.05, 0) is 87.8 Å². The largest absolute Gasteiger partial charge is 0.803 e. The highest BCUT2D eigenvalue weighted by molar-refractivity contribution is 6.12. The van der Waals surface area contributed by atoms with Crippen LogP contribution in [0.25, 0.3) is 0 Å². The molecule has 30 heteroatoms. The van der Waals surface area contributed by atoms with E-state index in [1.807, 2.05) is 0 Å². The predicted molar refractivity (Wildman–Crippen MR) is 293 cm³/mol. The lowest BCUT2D eigenvalue weighted by Crippen LogP contribution is -2.46. The maximum absolute atomic E-state index is 13.6. The number of nitrogens with one attached hydrogen (secondary N) is 5. The van der Waals surface area contributed by atoms with Crippen molar-refractivity contribution < 1.29 is 52.7 Å². The van der Waals surface area contributed by atoms with Crippen molar-refractivity contribution in [1.29, 1.82) is 0 Å². The number of ether oxygens (including phenoxy) is 1. The van der Waals surface area contributed by atoms with Crippen molar-refractivity contribution in [2.45, 2.75) is 96.1 Å². The Balaban J connectivity index is 1.19. The number of pyridine rings is 4. The molecule has 1 fully saturated rings. The molecule has 4 aromatic rings. The molecule has 4 heterocycles. The molecule has 0 unspecified atom stereocenters. The highest BCUT2D eigenvalue weighted by Crippen LogP contribution is 2.16. The Morgan fingerprint density at radius 2 is 1.08 bits per heavy atom. The Kier molecular flexibility index (Phi) is 23.6. The third-order valence-corrected chi connectivity index (χ3v) is 12.9. The van der Waals surface area contributed by atoms with E-state index in [9.17, 15) is 88.0 Å². The van der Waals surface area contributed by atoms with Crippen molar-refractivity contribution in [3.05, 3.63) is 157 Å². The lowest BCUT2D eigenvalue weighted by atomic mass is 10.1. The Morgan fingerprint density at radius 3 is 1.67 bits per heavy atom. The van der Waals surface area contributed by atoms with Gasteiger partial charge in [-0.25, -0.2) is 0 Å². The minimum Gasteiger partial charge on any atom is -0.803 e. The number of ketones is 2. The van der Waals surface area contributed by atoms with Gasteiger partial charge in [0.15, 0.2) is 11.6 Å². The Morgan fingerprint density at radius 1 is 0.554 bits per heavy atom. The summed E-state index contributed by atoms with van der Waals surface area (Å²) in [5.41, 5.74) is -8.25. The fourth-order valence-electron chi connectivity index (χ4n) is 8.34. The van der Waals surface area contributed by atoms with E-state index in [2.05, 4.69) is 26.6 Å². The van der Waals surface area contributed by atoms with Crippen LogP contribution in [0.5, 0.6) is 0 Å². The zero-order chi connectivity index (χ0) is 60.9. The van der Waals surface area contributed by atoms with Gasteiger partial charge in [0, 0.05) is 96.7 Å². The standard InChI is InChI=1S/C53H61N11O19/c1-3-25-55-46(71)33-19-21-35(63(81)50(33)75)48(73)57-31-32(12-4-5-26-54-41(67)15-10-18-44(70)83-45-39(65)23-24-40(45)66)58-49(74)36-22-20-34(51(76)64(36)82)47(72)56-27-11-30-60(53(78)38-14-9-17-43(69)62(38)80)29-7-6-28-59(2)52(77)37-13-8-16-42(68)61(37)79/h8-9,13-14,16-17,19-22,32,45H,3-7,10-12,15,18,23-31H2,1-2H3,(H,54,67)(H,55,71)(H,56,72)(H,57,73)(H,58,74)/q-4/t32-/m0/s1. The summed E-state index contributed by atoms with van der Waals surface area (Å²) < 4.78 is 4.19. The second-order valence-electron chi connectivity index (χ2n) is 19.0. The molecular formula is C53H61N11O19-4. The summed E-state index contributed by atoms with van der Waals surface area (Å²) in [6.07, 6.45) is -0.158. The van der Waals surface area contributed by atoms with Gasteiger partial charge in [0.25, 0.3) is 46.6 Å². The second-order valence-corrected chi connectivity index (χ2v) is 19.0. The van der Waals surface area contributed by atoms with Gasteiger partial charge < -0.3 is 80.9 Å². The normalized spacial score (nSPS) is 12.5. The lowest BCUT2D eigenvalue weighted by Gasteiger charge is -2.26. The van der Waals surface area contributed by atoms with Gasteiger partial charge >= 0.3 is 5.97 Å². The number of esters is 1. The number of hydrogen-bond donors (Lipinski definition) is 5. The van der Waals surface area contributed by atoms with Crippen molar-refractivity contribution >= 4 is 58.9 Å². The number of aromatic nitrogens is 4. The van der Waals surface area contributed by atoms with Gasteiger partial charge in [0.1, 0.15) is 33.9 Å². The van der Waals surface area contributed by atoms with Crippen LogP contribution in [0.1, 0.15) is 147 Å². The monoisotopic (exact) mass is 1160 g/mol. The SMILES string of the molecule is CCCNC(=O)c1ccc(C(=O)NC[C@H](CCCCNC(=O)CCCC(=O)OC2C(=O)CCC2=O)NC(=O)c2ccc(C(=O)NCCCN(CCCCN(C)C(=O)c3cccc(=O)n3[O-])C(=O)c3cccc(=O)n3[O-])c(=O)n2[O-])n([O-])c1=O. The minimum atomic E-state index is -1.45. The maximum Gasteiger partial charge on any atom is 0.306 e. The van der Waals surface area contributed by atoms with Crippen molar-refractivity contribution in [2.24, 2.45) is 0 Å². The summed E-state index contributed by atoms with van der Waals surface area (Å²) in [7, 11) is 1.40. The molecule has 0 saturated heterocycles. The van der Waals surface area contributed by atoms with Gasteiger partial charge in [-0.3, -0.25) is 67.1 Å². The summed E-state index contributed by atoms with van der Waals surface area (Å²) in [4.78, 5) is 179. The van der Waals surface area contributed by atoms with Gasteiger partial charge in [-0.2, -0.15) is 0 Å². The summed E-state index contributed by atoms with van der Waals surface area (Å²) in [6.45, 7) is 1.35. The van der Waals surface area contributed by atoms with Crippen molar-refractivity contribution in [3.63, 3.8) is 0 Å². The molecule has 1 aliphatic rings. The molecule has 446 valence electrons. The topological polar surface area (TPSA) is 427 Å². The molecule has 0 spiro atoms. The zero-order valence-electron chi connectivity index (χ0n) is 45.3. The van der Waals surface area contributed by atoms with E-state index in [0.717, 1.165) is 42.5 Å². The van der Waals surface area contributed by atoms with Gasteiger partial charge in [0.05, 0.1) is 0 Å². The zero-order valence-corrected chi connectivity index (χ0v) is 45.3. The van der Waals surface area contributed by atoms with Gasteiger partial charge in [-0.1, -0.05) is 19.1 Å². The average Bonchev–Trinajstić information content (AvgIpc) is 4.00. The first kappa shape index (κ1) is 63.9. The highest BCUT2D eigenvalue weighted by Gasteiger charge is 2.36. The lowest BCUT2D eigenvalue weighted by molar-refractivity contribution is -0.157. The predicted octanol–water partition coefficient (Wildman–Crippen LogP) is -0.499. The first-order valence-electron chi connectivity index (χ1n) is 26.4. The van der Waals surface area contributed by atoms with Gasteiger partial charge in [0.2, 0.25) is 23.1 Å². The van der Waals surface area contributed by atoms with Crippen LogP contribution < -0.4 is 48.8 Å². The molecule has 5 N–H and O–H groups in total. The fraction of sp³-hybridized carbons (Fsp3) is 0.434. The van der Waals surface area contributed by atoms with E-state index >= 15 is 0 Å². The molecule has 5 rings (SSSR count). The number of amides is 7. The first-order valence-corrected chi connectivity index (χ1v) is 26.4. The summed E-state index contributed by atoms with van der Waals surface area (Å²) >= 11 is 0. The van der Waals surface area contributed by atoms with Crippen molar-refractivity contribution in [2.75, 3.05) is 52.9 Å². The van der Waals surface area contributed by atoms with Crippen LogP contribution in [0.4, 0.5) is 0 Å². The average molecular weight is 1160 g/mol. The highest BCUT2D eigenvalue weighted by atomic mass is 16.6. The van der Waals surface area contributed by atoms with Crippen LogP contribution in [0.15, 0.2) is 79.8 Å². The number of unbranched alkanes of at least 4 members (excludes halogenated alkanes) is 2. The smallest absolute Gasteiger partial charge is 0.306 e. The van der Waals surface area contributed by atoms with Gasteiger partial charge in [-0.15, -0.1) is 0 Å². The minimum absolute atomic E-state index is 0.000445. The maximum atomic E-state index is 13.6. The van der Waals surface area contributed by atoms with E-state index in [4.69, 9.17) is 4.74 Å².